The molecule has 0 atom stereocenters. The van der Waals surface area contributed by atoms with Gasteiger partial charge in [-0.2, -0.15) is 0 Å². The Bertz CT molecular complexity index is 929. The van der Waals surface area contributed by atoms with E-state index in [9.17, 15) is 9.59 Å². The highest BCUT2D eigenvalue weighted by molar-refractivity contribution is 14.0. The minimum absolute atomic E-state index is 0. The first-order valence-electron chi connectivity index (χ1n) is 11.3. The lowest BCUT2D eigenvalue weighted by Gasteiger charge is -2.16. The van der Waals surface area contributed by atoms with Crippen molar-refractivity contribution in [2.75, 3.05) is 25.0 Å². The van der Waals surface area contributed by atoms with Crippen LogP contribution in [0.1, 0.15) is 54.1 Å². The summed E-state index contributed by atoms with van der Waals surface area (Å²) in [7, 11) is 1.74. The normalized spacial score (nSPS) is 13.5. The van der Waals surface area contributed by atoms with Gasteiger partial charge in [0.25, 0.3) is 5.91 Å². The molecule has 8 heteroatoms. The third-order valence-corrected chi connectivity index (χ3v) is 5.50. The number of rotatable bonds is 9. The number of carbonyl (C=O) groups is 2. The summed E-state index contributed by atoms with van der Waals surface area (Å²) in [4.78, 5) is 30.1. The number of guanidine groups is 1. The predicted octanol–water partition coefficient (Wildman–Crippen LogP) is 3.83. The number of hydrogen-bond donors (Lipinski definition) is 3. The molecule has 1 saturated heterocycles. The van der Waals surface area contributed by atoms with Crippen LogP contribution in [0.3, 0.4) is 0 Å². The molecule has 0 aliphatic carbocycles. The van der Waals surface area contributed by atoms with Crippen LogP contribution in [-0.2, 0) is 17.9 Å². The monoisotopic (exact) mass is 563 g/mol. The number of amides is 2. The van der Waals surface area contributed by atoms with Crippen molar-refractivity contribution in [1.29, 1.82) is 0 Å². The molecule has 7 nitrogen and oxygen atoms in total. The van der Waals surface area contributed by atoms with Gasteiger partial charge in [0, 0.05) is 50.9 Å². The molecule has 2 aromatic rings. The second-order valence-electron chi connectivity index (χ2n) is 7.90. The first-order chi connectivity index (χ1) is 15.6. The van der Waals surface area contributed by atoms with E-state index in [-0.39, 0.29) is 35.8 Å². The largest absolute Gasteiger partial charge is 0.352 e. The second-order valence-corrected chi connectivity index (χ2v) is 7.90. The standard InChI is InChI=1S/C25H33N5O2.HI/c1-3-4-15-27-24(32)21-11-7-19(8-12-21)17-28-25(26-2)29-18-20-9-13-22(14-10-20)30-16-5-6-23(30)31;/h7-14H,3-6,15-18H2,1-2H3,(H,27,32)(H2,26,28,29);1H. The van der Waals surface area contributed by atoms with Gasteiger partial charge in [0.1, 0.15) is 0 Å². The molecule has 0 aromatic heterocycles. The molecule has 0 unspecified atom stereocenters. The van der Waals surface area contributed by atoms with Crippen molar-refractivity contribution in [1.82, 2.24) is 16.0 Å². The van der Waals surface area contributed by atoms with Gasteiger partial charge in [0.15, 0.2) is 5.96 Å². The predicted molar refractivity (Wildman–Crippen MR) is 144 cm³/mol. The molecule has 0 radical (unpaired) electrons. The maximum atomic E-state index is 12.1. The topological polar surface area (TPSA) is 85.8 Å². The molecule has 2 aromatic carbocycles. The van der Waals surface area contributed by atoms with Crippen LogP contribution >= 0.6 is 24.0 Å². The van der Waals surface area contributed by atoms with E-state index in [4.69, 9.17) is 0 Å². The highest BCUT2D eigenvalue weighted by Gasteiger charge is 2.21. The van der Waals surface area contributed by atoms with Crippen LogP contribution in [0.4, 0.5) is 5.69 Å². The fraction of sp³-hybridized carbons (Fsp3) is 0.400. The van der Waals surface area contributed by atoms with Crippen molar-refractivity contribution in [2.24, 2.45) is 4.99 Å². The second kappa shape index (κ2) is 13.8. The molecule has 1 aliphatic rings. The summed E-state index contributed by atoms with van der Waals surface area (Å²) in [6.45, 7) is 4.85. The fourth-order valence-corrected chi connectivity index (χ4v) is 3.56. The quantitative estimate of drug-likeness (QED) is 0.188. The molecular weight excluding hydrogens is 529 g/mol. The summed E-state index contributed by atoms with van der Waals surface area (Å²) in [5, 5.41) is 9.53. The van der Waals surface area contributed by atoms with Crippen LogP contribution in [0.5, 0.6) is 0 Å². The number of carbonyl (C=O) groups excluding carboxylic acids is 2. The number of anilines is 1. The van der Waals surface area contributed by atoms with Gasteiger partial charge >= 0.3 is 0 Å². The number of hydrogen-bond acceptors (Lipinski definition) is 3. The van der Waals surface area contributed by atoms with Gasteiger partial charge in [0.2, 0.25) is 5.91 Å². The average molecular weight is 563 g/mol. The molecular formula is C25H34IN5O2. The number of benzene rings is 2. The summed E-state index contributed by atoms with van der Waals surface area (Å²) in [5.74, 6) is 0.867. The Hall–Kier alpha value is -2.62. The molecule has 1 aliphatic heterocycles. The highest BCUT2D eigenvalue weighted by Crippen LogP contribution is 2.21. The zero-order chi connectivity index (χ0) is 22.8. The van der Waals surface area contributed by atoms with E-state index in [0.717, 1.165) is 42.6 Å². The third kappa shape index (κ3) is 8.03. The molecule has 0 spiro atoms. The lowest BCUT2D eigenvalue weighted by Crippen LogP contribution is -2.36. The molecule has 1 fully saturated rings. The maximum absolute atomic E-state index is 12.1. The van der Waals surface area contributed by atoms with Crippen LogP contribution < -0.4 is 20.9 Å². The van der Waals surface area contributed by atoms with Gasteiger partial charge in [-0.1, -0.05) is 37.6 Å². The lowest BCUT2D eigenvalue weighted by molar-refractivity contribution is -0.117. The number of aliphatic imine (C=N–C) groups is 1. The van der Waals surface area contributed by atoms with Crippen molar-refractivity contribution in [3.8, 4) is 0 Å². The van der Waals surface area contributed by atoms with Crippen LogP contribution in [0.2, 0.25) is 0 Å². The zero-order valence-corrected chi connectivity index (χ0v) is 21.7. The number of halogens is 1. The van der Waals surface area contributed by atoms with Crippen LogP contribution in [0, 0.1) is 0 Å². The molecule has 3 rings (SSSR count). The molecule has 0 saturated carbocycles. The average Bonchev–Trinajstić information content (AvgIpc) is 3.26. The number of unbranched alkanes of at least 4 members (excludes halogenated alkanes) is 1. The summed E-state index contributed by atoms with van der Waals surface area (Å²) in [6.07, 6.45) is 3.62. The van der Waals surface area contributed by atoms with Crippen molar-refractivity contribution in [3.05, 3.63) is 65.2 Å². The SMILES string of the molecule is CCCCNC(=O)c1ccc(CNC(=NC)NCc2ccc(N3CCCC3=O)cc2)cc1.I. The van der Waals surface area contributed by atoms with E-state index in [2.05, 4.69) is 27.9 Å². The van der Waals surface area contributed by atoms with Crippen LogP contribution in [0.25, 0.3) is 0 Å². The minimum atomic E-state index is -0.0319. The fourth-order valence-electron chi connectivity index (χ4n) is 3.56. The molecule has 33 heavy (non-hydrogen) atoms. The first-order valence-corrected chi connectivity index (χ1v) is 11.3. The molecule has 178 valence electrons. The molecule has 2 amide bonds. The number of nitrogens with zero attached hydrogens (tertiary/aromatic N) is 2. The summed E-state index contributed by atoms with van der Waals surface area (Å²) >= 11 is 0. The van der Waals surface area contributed by atoms with Crippen LogP contribution in [-0.4, -0.2) is 37.9 Å². The van der Waals surface area contributed by atoms with Crippen LogP contribution in [0.15, 0.2) is 53.5 Å². The van der Waals surface area contributed by atoms with E-state index in [1.165, 1.54) is 0 Å². The summed E-state index contributed by atoms with van der Waals surface area (Å²) < 4.78 is 0. The Balaban J connectivity index is 0.00000385. The first kappa shape index (κ1) is 26.6. The van der Waals surface area contributed by atoms with Crippen molar-refractivity contribution in [3.63, 3.8) is 0 Å². The van der Waals surface area contributed by atoms with Gasteiger partial charge in [-0.3, -0.25) is 14.6 Å². The van der Waals surface area contributed by atoms with Gasteiger partial charge < -0.3 is 20.9 Å². The highest BCUT2D eigenvalue weighted by atomic mass is 127. The van der Waals surface area contributed by atoms with Gasteiger partial charge in [0.05, 0.1) is 0 Å². The third-order valence-electron chi connectivity index (χ3n) is 5.50. The summed E-state index contributed by atoms with van der Waals surface area (Å²) in [5.41, 5.74) is 3.81. The zero-order valence-electron chi connectivity index (χ0n) is 19.4. The van der Waals surface area contributed by atoms with E-state index < -0.39 is 0 Å². The van der Waals surface area contributed by atoms with E-state index in [0.29, 0.717) is 37.6 Å². The van der Waals surface area contributed by atoms with Crippen molar-refractivity contribution in [2.45, 2.75) is 45.7 Å². The van der Waals surface area contributed by atoms with E-state index in [1.807, 2.05) is 53.4 Å². The Labute approximate surface area is 213 Å². The smallest absolute Gasteiger partial charge is 0.251 e. The minimum Gasteiger partial charge on any atom is -0.352 e. The maximum Gasteiger partial charge on any atom is 0.251 e. The Morgan fingerprint density at radius 1 is 0.970 bits per heavy atom. The Kier molecular flexibility index (Phi) is 11.2. The van der Waals surface area contributed by atoms with Crippen molar-refractivity contribution < 1.29 is 9.59 Å². The van der Waals surface area contributed by atoms with Gasteiger partial charge in [-0.25, -0.2) is 0 Å². The Morgan fingerprint density at radius 3 is 2.09 bits per heavy atom. The molecule has 1 heterocycles. The lowest BCUT2D eigenvalue weighted by atomic mass is 10.1. The summed E-state index contributed by atoms with van der Waals surface area (Å²) in [6, 6.07) is 15.7. The van der Waals surface area contributed by atoms with Gasteiger partial charge in [-0.15, -0.1) is 24.0 Å². The molecule has 3 N–H and O–H groups in total. The van der Waals surface area contributed by atoms with Crippen molar-refractivity contribution >= 4 is 47.4 Å². The Morgan fingerprint density at radius 2 is 1.58 bits per heavy atom. The van der Waals surface area contributed by atoms with E-state index >= 15 is 0 Å². The van der Waals surface area contributed by atoms with Gasteiger partial charge in [-0.05, 0) is 48.2 Å². The number of nitrogens with one attached hydrogen (secondary N) is 3. The molecule has 0 bridgehead atoms. The van der Waals surface area contributed by atoms with E-state index in [1.54, 1.807) is 7.05 Å².